The Balaban J connectivity index is 2.04. The van der Waals surface area contributed by atoms with Crippen molar-refractivity contribution in [2.24, 2.45) is 23.2 Å². The summed E-state index contributed by atoms with van der Waals surface area (Å²) in [7, 11) is 0. The third-order valence-corrected chi connectivity index (χ3v) is 3.91. The molecule has 0 nitrogen and oxygen atoms in total. The monoisotopic (exact) mass is 138 g/mol. The molecule has 0 heterocycles. The minimum absolute atomic E-state index is 0.727. The van der Waals surface area contributed by atoms with Gasteiger partial charge in [0.2, 0.25) is 0 Å². The lowest BCUT2D eigenvalue weighted by Gasteiger charge is -2.15. The van der Waals surface area contributed by atoms with Crippen LogP contribution in [0.15, 0.2) is 0 Å². The predicted octanol–water partition coefficient (Wildman–Crippen LogP) is 3.08. The van der Waals surface area contributed by atoms with Crippen molar-refractivity contribution >= 4 is 0 Å². The molecule has 0 aliphatic heterocycles. The van der Waals surface area contributed by atoms with Crippen LogP contribution in [0.1, 0.15) is 40.0 Å². The lowest BCUT2D eigenvalue weighted by Crippen LogP contribution is -2.03. The molecule has 0 unspecified atom stereocenters. The summed E-state index contributed by atoms with van der Waals surface area (Å²) < 4.78 is 0. The van der Waals surface area contributed by atoms with Gasteiger partial charge in [-0.1, -0.05) is 27.2 Å². The first kappa shape index (κ1) is 6.69. The van der Waals surface area contributed by atoms with E-state index in [9.17, 15) is 0 Å². The van der Waals surface area contributed by atoms with Gasteiger partial charge in [-0.25, -0.2) is 0 Å². The second-order valence-electron chi connectivity index (χ2n) is 4.95. The van der Waals surface area contributed by atoms with Gasteiger partial charge in [-0.3, -0.25) is 0 Å². The second-order valence-corrected chi connectivity index (χ2v) is 4.95. The maximum atomic E-state index is 2.44. The topological polar surface area (TPSA) is 0 Å². The van der Waals surface area contributed by atoms with Crippen LogP contribution in [-0.4, -0.2) is 0 Å². The average molecular weight is 138 g/mol. The minimum Gasteiger partial charge on any atom is -0.0625 e. The maximum absolute atomic E-state index is 2.44. The van der Waals surface area contributed by atoms with E-state index in [1.54, 1.807) is 0 Å². The molecule has 0 N–H and O–H groups in total. The molecule has 0 aromatic heterocycles. The van der Waals surface area contributed by atoms with Crippen LogP contribution in [0.25, 0.3) is 0 Å². The Bertz CT molecular complexity index is 146. The largest absolute Gasteiger partial charge is 0.0625 e. The quantitative estimate of drug-likeness (QED) is 0.482. The Morgan fingerprint density at radius 2 is 1.80 bits per heavy atom. The molecule has 0 aromatic carbocycles. The smallest absolute Gasteiger partial charge is 0.0292 e. The molecule has 2 rings (SSSR count). The van der Waals surface area contributed by atoms with Crippen molar-refractivity contribution in [2.45, 2.75) is 40.0 Å². The molecule has 0 heteroatoms. The second kappa shape index (κ2) is 1.78. The third-order valence-electron chi connectivity index (χ3n) is 3.91. The lowest BCUT2D eigenvalue weighted by molar-refractivity contribution is 0.367. The zero-order chi connectivity index (χ0) is 7.35. The molecule has 10 heavy (non-hydrogen) atoms. The van der Waals surface area contributed by atoms with Gasteiger partial charge in [-0.2, -0.15) is 0 Å². The van der Waals surface area contributed by atoms with Crippen LogP contribution in [0, 0.1) is 23.2 Å². The van der Waals surface area contributed by atoms with Crippen molar-refractivity contribution in [1.29, 1.82) is 0 Å². The van der Waals surface area contributed by atoms with Gasteiger partial charge in [0.1, 0.15) is 0 Å². The minimum atomic E-state index is 0.727. The summed E-state index contributed by atoms with van der Waals surface area (Å²) in [6.45, 7) is 7.30. The zero-order valence-electron chi connectivity index (χ0n) is 7.35. The molecule has 2 fully saturated rings. The SMILES string of the molecule is C[C@@H]1CC[C@H]2[C@@H](C1)C2(C)C. The number of hydrogen-bond donors (Lipinski definition) is 0. The molecule has 3 atom stereocenters. The molecule has 58 valence electrons. The normalized spacial score (nSPS) is 50.1. The molecule has 2 saturated carbocycles. The average Bonchev–Trinajstić information content (AvgIpc) is 2.36. The molecule has 0 amide bonds. The number of hydrogen-bond acceptors (Lipinski definition) is 0. The van der Waals surface area contributed by atoms with Gasteiger partial charge >= 0.3 is 0 Å². The summed E-state index contributed by atoms with van der Waals surface area (Å²) in [6, 6.07) is 0. The van der Waals surface area contributed by atoms with Gasteiger partial charge < -0.3 is 0 Å². The maximum Gasteiger partial charge on any atom is -0.0292 e. The number of fused-ring (bicyclic) bond motifs is 1. The Hall–Kier alpha value is 0. The van der Waals surface area contributed by atoms with Gasteiger partial charge in [-0.05, 0) is 36.0 Å². The fourth-order valence-corrected chi connectivity index (χ4v) is 2.91. The Labute approximate surface area is 64.0 Å². The highest BCUT2D eigenvalue weighted by atomic mass is 14.6. The van der Waals surface area contributed by atoms with E-state index < -0.39 is 0 Å². The first-order valence-electron chi connectivity index (χ1n) is 4.62. The Morgan fingerprint density at radius 1 is 1.10 bits per heavy atom. The fourth-order valence-electron chi connectivity index (χ4n) is 2.91. The van der Waals surface area contributed by atoms with Gasteiger partial charge in [0.25, 0.3) is 0 Å². The van der Waals surface area contributed by atoms with Crippen LogP contribution in [-0.2, 0) is 0 Å². The van der Waals surface area contributed by atoms with Gasteiger partial charge in [0, 0.05) is 0 Å². The van der Waals surface area contributed by atoms with E-state index in [1.165, 1.54) is 19.3 Å². The summed E-state index contributed by atoms with van der Waals surface area (Å²) in [6.07, 6.45) is 4.51. The van der Waals surface area contributed by atoms with Crippen LogP contribution >= 0.6 is 0 Å². The van der Waals surface area contributed by atoms with Crippen molar-refractivity contribution in [2.75, 3.05) is 0 Å². The van der Waals surface area contributed by atoms with E-state index in [1.807, 2.05) is 0 Å². The van der Waals surface area contributed by atoms with Crippen molar-refractivity contribution in [3.8, 4) is 0 Å². The first-order valence-corrected chi connectivity index (χ1v) is 4.62. The summed E-state index contributed by atoms with van der Waals surface area (Å²) in [5.74, 6) is 3.21. The fraction of sp³-hybridized carbons (Fsp3) is 1.00. The number of rotatable bonds is 0. The molecule has 0 radical (unpaired) electrons. The van der Waals surface area contributed by atoms with E-state index in [0.717, 1.165) is 23.2 Å². The molecule has 0 saturated heterocycles. The lowest BCUT2D eigenvalue weighted by atomic mass is 9.91. The van der Waals surface area contributed by atoms with E-state index >= 15 is 0 Å². The molecule has 0 spiro atoms. The summed E-state index contributed by atoms with van der Waals surface area (Å²) in [4.78, 5) is 0. The zero-order valence-corrected chi connectivity index (χ0v) is 7.35. The van der Waals surface area contributed by atoms with Crippen molar-refractivity contribution in [1.82, 2.24) is 0 Å². The van der Waals surface area contributed by atoms with Crippen molar-refractivity contribution in [3.63, 3.8) is 0 Å². The van der Waals surface area contributed by atoms with E-state index in [2.05, 4.69) is 20.8 Å². The van der Waals surface area contributed by atoms with Crippen LogP contribution in [0.2, 0.25) is 0 Å². The Morgan fingerprint density at radius 3 is 2.30 bits per heavy atom. The van der Waals surface area contributed by atoms with E-state index in [0.29, 0.717) is 0 Å². The van der Waals surface area contributed by atoms with E-state index in [-0.39, 0.29) is 0 Å². The first-order chi connectivity index (χ1) is 4.62. The van der Waals surface area contributed by atoms with Crippen LogP contribution in [0.5, 0.6) is 0 Å². The third kappa shape index (κ3) is 0.741. The van der Waals surface area contributed by atoms with Crippen molar-refractivity contribution < 1.29 is 0 Å². The Kier molecular flexibility index (Phi) is 1.19. The van der Waals surface area contributed by atoms with Gasteiger partial charge in [-0.15, -0.1) is 0 Å². The molecular weight excluding hydrogens is 120 g/mol. The molecule has 2 aliphatic carbocycles. The van der Waals surface area contributed by atoms with Crippen LogP contribution < -0.4 is 0 Å². The van der Waals surface area contributed by atoms with Crippen molar-refractivity contribution in [3.05, 3.63) is 0 Å². The molecule has 0 bridgehead atoms. The van der Waals surface area contributed by atoms with Crippen LogP contribution in [0.4, 0.5) is 0 Å². The molecular formula is C10H18. The van der Waals surface area contributed by atoms with E-state index in [4.69, 9.17) is 0 Å². The predicted molar refractivity (Wildman–Crippen MR) is 43.8 cm³/mol. The standard InChI is InChI=1S/C10H18/c1-7-4-5-8-9(6-7)10(8,2)3/h7-9H,4-6H2,1-3H3/t7-,8+,9-/m1/s1. The van der Waals surface area contributed by atoms with Gasteiger partial charge in [0.15, 0.2) is 0 Å². The summed E-state index contributed by atoms with van der Waals surface area (Å²) in [5.41, 5.74) is 0.727. The summed E-state index contributed by atoms with van der Waals surface area (Å²) in [5, 5.41) is 0. The highest BCUT2D eigenvalue weighted by Gasteiger charge is 2.58. The highest BCUT2D eigenvalue weighted by Crippen LogP contribution is 2.65. The van der Waals surface area contributed by atoms with Gasteiger partial charge in [0.05, 0.1) is 0 Å². The highest BCUT2D eigenvalue weighted by molar-refractivity contribution is 5.07. The molecule has 0 aromatic rings. The molecule has 2 aliphatic rings. The summed E-state index contributed by atoms with van der Waals surface area (Å²) >= 11 is 0. The van der Waals surface area contributed by atoms with Crippen LogP contribution in [0.3, 0.4) is 0 Å².